The molecule has 0 fully saturated rings. The molecule has 0 spiro atoms. The summed E-state index contributed by atoms with van der Waals surface area (Å²) in [5.74, 6) is 0.556. The maximum Gasteiger partial charge on any atom is 0.262 e. The molecular weight excluding hydrogens is 396 g/mol. The van der Waals surface area contributed by atoms with Crippen molar-refractivity contribution in [2.24, 2.45) is 0 Å². The molecule has 0 aliphatic rings. The molecule has 4 heteroatoms. The molecule has 0 aliphatic carbocycles. The first-order valence-corrected chi connectivity index (χ1v) is 10.9. The summed E-state index contributed by atoms with van der Waals surface area (Å²) in [5.41, 5.74) is 4.30. The highest BCUT2D eigenvalue weighted by Crippen LogP contribution is 2.28. The highest BCUT2D eigenvalue weighted by molar-refractivity contribution is 5.92. The van der Waals surface area contributed by atoms with Crippen LogP contribution in [-0.2, 0) is 17.8 Å². The van der Waals surface area contributed by atoms with Crippen LogP contribution in [0.25, 0.3) is 10.8 Å². The molecule has 0 radical (unpaired) electrons. The fraction of sp³-hybridized carbons (Fsp3) is 0.179. The number of nitrogens with one attached hydrogen (secondary N) is 2. The quantitative estimate of drug-likeness (QED) is 0.349. The average Bonchev–Trinajstić information content (AvgIpc) is 2.83. The number of aryl methyl sites for hydroxylation is 1. The number of benzene rings is 4. The molecule has 4 aromatic rings. The van der Waals surface area contributed by atoms with Crippen molar-refractivity contribution < 1.29 is 9.53 Å². The highest BCUT2D eigenvalue weighted by atomic mass is 16.5. The van der Waals surface area contributed by atoms with Crippen LogP contribution in [0.5, 0.6) is 5.75 Å². The van der Waals surface area contributed by atoms with Crippen molar-refractivity contribution in [1.29, 1.82) is 0 Å². The van der Waals surface area contributed by atoms with Crippen LogP contribution < -0.4 is 15.4 Å². The molecule has 2 N–H and O–H groups in total. The second-order valence-electron chi connectivity index (χ2n) is 7.88. The molecule has 0 unspecified atom stereocenters. The van der Waals surface area contributed by atoms with Gasteiger partial charge in [0, 0.05) is 17.8 Å². The zero-order valence-corrected chi connectivity index (χ0v) is 18.3. The number of carbonyl (C=O) groups excluding carboxylic acids is 1. The summed E-state index contributed by atoms with van der Waals surface area (Å²) in [6.07, 6.45) is 0.959. The van der Waals surface area contributed by atoms with Crippen molar-refractivity contribution in [1.82, 2.24) is 5.32 Å². The van der Waals surface area contributed by atoms with Crippen molar-refractivity contribution in [2.45, 2.75) is 19.9 Å². The Hall–Kier alpha value is -3.63. The second-order valence-corrected chi connectivity index (χ2v) is 7.88. The Morgan fingerprint density at radius 3 is 2.41 bits per heavy atom. The highest BCUT2D eigenvalue weighted by Gasteiger charge is 2.11. The van der Waals surface area contributed by atoms with Gasteiger partial charge in [-0.3, -0.25) is 4.79 Å². The summed E-state index contributed by atoms with van der Waals surface area (Å²) in [6, 6.07) is 30.4. The predicted octanol–water partition coefficient (Wildman–Crippen LogP) is 5.50. The third-order valence-electron chi connectivity index (χ3n) is 5.43. The van der Waals surface area contributed by atoms with Crippen LogP contribution >= 0.6 is 0 Å². The van der Waals surface area contributed by atoms with E-state index in [0.29, 0.717) is 6.54 Å². The van der Waals surface area contributed by atoms with Crippen LogP contribution in [0.2, 0.25) is 0 Å². The number of rotatable bonds is 9. The number of anilines is 1. The summed E-state index contributed by atoms with van der Waals surface area (Å²) >= 11 is 0. The summed E-state index contributed by atoms with van der Waals surface area (Å²) < 4.78 is 5.97. The van der Waals surface area contributed by atoms with Gasteiger partial charge in [0.25, 0.3) is 5.91 Å². The number of carbonyl (C=O) groups is 1. The second kappa shape index (κ2) is 10.6. The van der Waals surface area contributed by atoms with Crippen molar-refractivity contribution in [3.63, 3.8) is 0 Å². The molecule has 0 atom stereocenters. The molecule has 0 saturated heterocycles. The van der Waals surface area contributed by atoms with E-state index in [0.717, 1.165) is 46.3 Å². The van der Waals surface area contributed by atoms with Crippen molar-refractivity contribution >= 4 is 22.4 Å². The number of ether oxygens (including phenoxy) is 1. The third-order valence-corrected chi connectivity index (χ3v) is 5.43. The minimum absolute atomic E-state index is 0.0385. The summed E-state index contributed by atoms with van der Waals surface area (Å²) in [5, 5.41) is 8.71. The van der Waals surface area contributed by atoms with Crippen LogP contribution in [0.15, 0.2) is 91.0 Å². The van der Waals surface area contributed by atoms with Gasteiger partial charge >= 0.3 is 0 Å². The standard InChI is InChI=1S/C28H28N2O2/c1-21-11-14-24(15-12-21)30-28(31)20-32-27-16-13-23-9-5-6-10-25(23)26(27)19-29-18-17-22-7-3-2-4-8-22/h2-16,29H,17-20H2,1H3,(H,30,31). The predicted molar refractivity (Wildman–Crippen MR) is 131 cm³/mol. The molecule has 32 heavy (non-hydrogen) atoms. The van der Waals surface area contributed by atoms with Crippen LogP contribution in [0, 0.1) is 6.92 Å². The number of hydrogen-bond donors (Lipinski definition) is 2. The Kier molecular flexibility index (Phi) is 7.15. The van der Waals surface area contributed by atoms with Crippen molar-refractivity contribution in [3.8, 4) is 5.75 Å². The molecule has 162 valence electrons. The van der Waals surface area contributed by atoms with Gasteiger partial charge in [0.15, 0.2) is 6.61 Å². The Bertz CT molecular complexity index is 1170. The number of fused-ring (bicyclic) bond motifs is 1. The molecule has 4 rings (SSSR count). The van der Waals surface area contributed by atoms with Gasteiger partial charge in [-0.1, -0.05) is 78.4 Å². The zero-order valence-electron chi connectivity index (χ0n) is 18.3. The largest absolute Gasteiger partial charge is 0.483 e. The maximum absolute atomic E-state index is 12.4. The van der Waals surface area contributed by atoms with Gasteiger partial charge in [0.1, 0.15) is 5.75 Å². The van der Waals surface area contributed by atoms with E-state index in [2.05, 4.69) is 47.0 Å². The van der Waals surface area contributed by atoms with E-state index >= 15 is 0 Å². The van der Waals surface area contributed by atoms with Crippen LogP contribution in [-0.4, -0.2) is 19.1 Å². The first-order chi connectivity index (χ1) is 15.7. The smallest absolute Gasteiger partial charge is 0.262 e. The SMILES string of the molecule is Cc1ccc(NC(=O)COc2ccc3ccccc3c2CNCCc2ccccc2)cc1. The van der Waals surface area contributed by atoms with E-state index in [1.54, 1.807) is 0 Å². The Morgan fingerprint density at radius 2 is 1.59 bits per heavy atom. The molecule has 0 aromatic heterocycles. The normalized spacial score (nSPS) is 10.8. The van der Waals surface area contributed by atoms with Gasteiger partial charge in [-0.2, -0.15) is 0 Å². The number of hydrogen-bond acceptors (Lipinski definition) is 3. The molecule has 0 saturated carbocycles. The Morgan fingerprint density at radius 1 is 0.844 bits per heavy atom. The monoisotopic (exact) mass is 424 g/mol. The lowest BCUT2D eigenvalue weighted by atomic mass is 10.0. The summed E-state index contributed by atoms with van der Waals surface area (Å²) in [4.78, 5) is 12.4. The first-order valence-electron chi connectivity index (χ1n) is 10.9. The van der Waals surface area contributed by atoms with Gasteiger partial charge in [-0.15, -0.1) is 0 Å². The fourth-order valence-corrected chi connectivity index (χ4v) is 3.70. The van der Waals surface area contributed by atoms with Crippen molar-refractivity contribution in [3.05, 3.63) is 108 Å². The lowest BCUT2D eigenvalue weighted by Gasteiger charge is -2.15. The molecular formula is C28H28N2O2. The van der Waals surface area contributed by atoms with Crippen LogP contribution in [0.1, 0.15) is 16.7 Å². The van der Waals surface area contributed by atoms with E-state index in [9.17, 15) is 4.79 Å². The van der Waals surface area contributed by atoms with Gasteiger partial charge in [-0.05, 0) is 54.4 Å². The molecule has 4 aromatic carbocycles. The average molecular weight is 425 g/mol. The van der Waals surface area contributed by atoms with E-state index in [4.69, 9.17) is 4.74 Å². The van der Waals surface area contributed by atoms with Crippen molar-refractivity contribution in [2.75, 3.05) is 18.5 Å². The van der Waals surface area contributed by atoms with Gasteiger partial charge in [0.05, 0.1) is 0 Å². The third kappa shape index (κ3) is 5.74. The minimum Gasteiger partial charge on any atom is -0.483 e. The van der Waals surface area contributed by atoms with Gasteiger partial charge in [-0.25, -0.2) is 0 Å². The molecule has 0 aliphatic heterocycles. The Balaban J connectivity index is 1.42. The number of amides is 1. The van der Waals surface area contributed by atoms with Gasteiger partial charge in [0.2, 0.25) is 0 Å². The van der Waals surface area contributed by atoms with Crippen LogP contribution in [0.3, 0.4) is 0 Å². The van der Waals surface area contributed by atoms with E-state index < -0.39 is 0 Å². The van der Waals surface area contributed by atoms with E-state index in [1.807, 2.05) is 61.5 Å². The zero-order chi connectivity index (χ0) is 22.2. The summed E-state index contributed by atoms with van der Waals surface area (Å²) in [7, 11) is 0. The molecule has 4 nitrogen and oxygen atoms in total. The van der Waals surface area contributed by atoms with Crippen LogP contribution in [0.4, 0.5) is 5.69 Å². The summed E-state index contributed by atoms with van der Waals surface area (Å²) in [6.45, 7) is 3.51. The molecule has 0 heterocycles. The lowest BCUT2D eigenvalue weighted by Crippen LogP contribution is -2.22. The minimum atomic E-state index is -0.176. The molecule has 1 amide bonds. The first kappa shape index (κ1) is 21.6. The topological polar surface area (TPSA) is 50.4 Å². The Labute approximate surface area is 189 Å². The maximum atomic E-state index is 12.4. The lowest BCUT2D eigenvalue weighted by molar-refractivity contribution is -0.118. The van der Waals surface area contributed by atoms with E-state index in [-0.39, 0.29) is 12.5 Å². The van der Waals surface area contributed by atoms with E-state index in [1.165, 1.54) is 5.56 Å². The fourth-order valence-electron chi connectivity index (χ4n) is 3.70. The van der Waals surface area contributed by atoms with Gasteiger partial charge < -0.3 is 15.4 Å². The molecule has 0 bridgehead atoms.